The predicted octanol–water partition coefficient (Wildman–Crippen LogP) is 4.00. The Morgan fingerprint density at radius 2 is 1.81 bits per heavy atom. The number of hydrogen-bond donors (Lipinski definition) is 0. The Bertz CT molecular complexity index is 1200. The van der Waals surface area contributed by atoms with E-state index in [1.165, 1.54) is 17.0 Å². The number of nitrogens with zero attached hydrogens (tertiary/aromatic N) is 3. The number of aromatic nitrogens is 1. The molecule has 1 aromatic heterocycles. The largest absolute Gasteiger partial charge is 0.309 e. The fraction of sp³-hybridized carbons (Fsp3) is 0.300. The summed E-state index contributed by atoms with van der Waals surface area (Å²) in [7, 11) is 0.132. The molecule has 1 heterocycles. The topological polar surface area (TPSA) is 70.6 Å². The highest BCUT2D eigenvalue weighted by molar-refractivity contribution is 7.90. The van der Waals surface area contributed by atoms with Crippen LogP contribution in [0, 0.1) is 11.6 Å². The van der Waals surface area contributed by atoms with Crippen LogP contribution in [0.1, 0.15) is 16.8 Å². The molecule has 0 spiro atoms. The van der Waals surface area contributed by atoms with Gasteiger partial charge in [0.25, 0.3) is 5.91 Å². The van der Waals surface area contributed by atoms with Crippen molar-refractivity contribution in [1.29, 1.82) is 0 Å². The van der Waals surface area contributed by atoms with Gasteiger partial charge in [0.1, 0.15) is 11.3 Å². The van der Waals surface area contributed by atoms with Gasteiger partial charge >= 0.3 is 0 Å². The van der Waals surface area contributed by atoms with Crippen molar-refractivity contribution >= 4 is 54.8 Å². The van der Waals surface area contributed by atoms with Gasteiger partial charge in [0.15, 0.2) is 20.8 Å². The van der Waals surface area contributed by atoms with E-state index in [-0.39, 0.29) is 44.8 Å². The van der Waals surface area contributed by atoms with Gasteiger partial charge in [-0.05, 0) is 45.3 Å². The van der Waals surface area contributed by atoms with E-state index in [0.717, 1.165) is 29.7 Å². The molecule has 11 heteroatoms. The van der Waals surface area contributed by atoms with Crippen LogP contribution in [-0.4, -0.2) is 57.6 Å². The Balaban J connectivity index is 0.00000341. The van der Waals surface area contributed by atoms with E-state index in [0.29, 0.717) is 13.0 Å². The summed E-state index contributed by atoms with van der Waals surface area (Å²) in [6.07, 6.45) is 1.61. The standard InChI is InChI=1S/C20H21F2N3O3S2.ClH/c1-24(2)9-6-10-25(19(26)14-7-4-5-8-17(14)30(3,27)28)20-23-18-15(22)11-13(21)12-16(18)29-20;/h4-5,7-8,11-12H,6,9-10H2,1-3H3;1H. The summed E-state index contributed by atoms with van der Waals surface area (Å²) in [5, 5.41) is 0.182. The van der Waals surface area contributed by atoms with Crippen molar-refractivity contribution in [3.05, 3.63) is 53.6 Å². The van der Waals surface area contributed by atoms with Crippen LogP contribution in [0.15, 0.2) is 41.3 Å². The minimum absolute atomic E-state index is 0. The molecule has 6 nitrogen and oxygen atoms in total. The second kappa shape index (κ2) is 9.99. The number of hydrogen-bond acceptors (Lipinski definition) is 6. The van der Waals surface area contributed by atoms with Gasteiger partial charge in [-0.3, -0.25) is 9.69 Å². The van der Waals surface area contributed by atoms with Crippen molar-refractivity contribution in [3.8, 4) is 0 Å². The molecule has 1 amide bonds. The average Bonchev–Trinajstić information content (AvgIpc) is 3.08. The number of carbonyl (C=O) groups excluding carboxylic acids is 1. The summed E-state index contributed by atoms with van der Waals surface area (Å²) in [5.74, 6) is -2.11. The third kappa shape index (κ3) is 5.76. The number of carbonyl (C=O) groups is 1. The Morgan fingerprint density at radius 1 is 1.13 bits per heavy atom. The molecule has 0 N–H and O–H groups in total. The van der Waals surface area contributed by atoms with E-state index in [2.05, 4.69) is 4.98 Å². The number of fused-ring (bicyclic) bond motifs is 1. The second-order valence-electron chi connectivity index (χ2n) is 7.11. The number of sulfone groups is 1. The van der Waals surface area contributed by atoms with Crippen molar-refractivity contribution in [2.75, 3.05) is 38.3 Å². The monoisotopic (exact) mass is 489 g/mol. The zero-order valence-corrected chi connectivity index (χ0v) is 19.6. The van der Waals surface area contributed by atoms with E-state index >= 15 is 0 Å². The summed E-state index contributed by atoms with van der Waals surface area (Å²) >= 11 is 0.980. The van der Waals surface area contributed by atoms with Gasteiger partial charge in [-0.2, -0.15) is 0 Å². The van der Waals surface area contributed by atoms with Crippen LogP contribution in [0.5, 0.6) is 0 Å². The maximum Gasteiger partial charge on any atom is 0.261 e. The predicted molar refractivity (Wildman–Crippen MR) is 121 cm³/mol. The van der Waals surface area contributed by atoms with E-state index < -0.39 is 27.4 Å². The molecule has 0 aliphatic rings. The van der Waals surface area contributed by atoms with Crippen molar-refractivity contribution in [2.45, 2.75) is 11.3 Å². The SMILES string of the molecule is CN(C)CCCN(C(=O)c1ccccc1S(C)(=O)=O)c1nc2c(F)cc(F)cc2s1.Cl. The number of rotatable bonds is 7. The number of benzene rings is 2. The molecule has 2 aromatic carbocycles. The van der Waals surface area contributed by atoms with E-state index in [1.807, 2.05) is 19.0 Å². The molecule has 3 rings (SSSR count). The van der Waals surface area contributed by atoms with Gasteiger partial charge in [0, 0.05) is 18.9 Å². The zero-order chi connectivity index (χ0) is 22.1. The van der Waals surface area contributed by atoms with Gasteiger partial charge in [0.2, 0.25) is 0 Å². The van der Waals surface area contributed by atoms with Crippen LogP contribution in [-0.2, 0) is 9.84 Å². The minimum Gasteiger partial charge on any atom is -0.309 e. The zero-order valence-electron chi connectivity index (χ0n) is 17.1. The third-order valence-corrected chi connectivity index (χ3v) is 6.56. The quantitative estimate of drug-likeness (QED) is 0.501. The maximum absolute atomic E-state index is 14.1. The van der Waals surface area contributed by atoms with E-state index in [9.17, 15) is 22.0 Å². The molecule has 0 atom stereocenters. The number of amides is 1. The lowest BCUT2D eigenvalue weighted by atomic mass is 10.2. The molecule has 0 saturated heterocycles. The van der Waals surface area contributed by atoms with Crippen LogP contribution >= 0.6 is 23.7 Å². The Morgan fingerprint density at radius 3 is 2.45 bits per heavy atom. The maximum atomic E-state index is 14.1. The summed E-state index contributed by atoms with van der Waals surface area (Å²) in [4.78, 5) is 20.8. The molecular formula is C20H22ClF2N3O3S2. The fourth-order valence-corrected chi connectivity index (χ4v) is 4.91. The van der Waals surface area contributed by atoms with Crippen molar-refractivity contribution in [2.24, 2.45) is 0 Å². The first-order valence-electron chi connectivity index (χ1n) is 9.09. The highest BCUT2D eigenvalue weighted by Gasteiger charge is 2.26. The van der Waals surface area contributed by atoms with Crippen LogP contribution in [0.4, 0.5) is 13.9 Å². The summed E-state index contributed by atoms with van der Waals surface area (Å²) in [5.41, 5.74) is -0.0195. The Hall–Kier alpha value is -2.14. The van der Waals surface area contributed by atoms with Crippen LogP contribution in [0.25, 0.3) is 10.2 Å². The molecule has 0 radical (unpaired) electrons. The van der Waals surface area contributed by atoms with Gasteiger partial charge in [-0.1, -0.05) is 23.5 Å². The Kier molecular flexibility index (Phi) is 8.09. The van der Waals surface area contributed by atoms with Gasteiger partial charge in [0.05, 0.1) is 15.2 Å². The third-order valence-electron chi connectivity index (χ3n) is 4.38. The smallest absolute Gasteiger partial charge is 0.261 e. The normalized spacial score (nSPS) is 11.5. The number of halogens is 3. The van der Waals surface area contributed by atoms with Crippen molar-refractivity contribution < 1.29 is 22.0 Å². The van der Waals surface area contributed by atoms with Crippen LogP contribution in [0.2, 0.25) is 0 Å². The molecule has 0 aliphatic carbocycles. The lowest BCUT2D eigenvalue weighted by Gasteiger charge is -2.22. The van der Waals surface area contributed by atoms with Crippen LogP contribution in [0.3, 0.4) is 0 Å². The summed E-state index contributed by atoms with van der Waals surface area (Å²) in [6, 6.07) is 7.82. The number of thiazole rings is 1. The average molecular weight is 490 g/mol. The minimum atomic E-state index is -3.65. The molecule has 0 fully saturated rings. The molecule has 0 unspecified atom stereocenters. The first-order valence-corrected chi connectivity index (χ1v) is 11.8. The molecule has 0 bridgehead atoms. The highest BCUT2D eigenvalue weighted by Crippen LogP contribution is 2.32. The highest BCUT2D eigenvalue weighted by atomic mass is 35.5. The van der Waals surface area contributed by atoms with Gasteiger partial charge in [-0.25, -0.2) is 22.2 Å². The summed E-state index contributed by atoms with van der Waals surface area (Å²) in [6.45, 7) is 0.907. The molecule has 168 valence electrons. The first kappa shape index (κ1) is 25.1. The summed E-state index contributed by atoms with van der Waals surface area (Å²) < 4.78 is 52.3. The van der Waals surface area contributed by atoms with Gasteiger partial charge in [-0.15, -0.1) is 12.4 Å². The molecular weight excluding hydrogens is 468 g/mol. The molecule has 0 aliphatic heterocycles. The molecule has 3 aromatic rings. The van der Waals surface area contributed by atoms with Crippen molar-refractivity contribution in [1.82, 2.24) is 9.88 Å². The van der Waals surface area contributed by atoms with Crippen molar-refractivity contribution in [3.63, 3.8) is 0 Å². The second-order valence-corrected chi connectivity index (χ2v) is 10.1. The lowest BCUT2D eigenvalue weighted by Crippen LogP contribution is -2.34. The van der Waals surface area contributed by atoms with E-state index in [4.69, 9.17) is 0 Å². The first-order chi connectivity index (χ1) is 14.1. The molecule has 0 saturated carbocycles. The van der Waals surface area contributed by atoms with Gasteiger partial charge < -0.3 is 4.90 Å². The lowest BCUT2D eigenvalue weighted by molar-refractivity contribution is 0.0983. The Labute approximate surface area is 189 Å². The van der Waals surface area contributed by atoms with Crippen LogP contribution < -0.4 is 4.90 Å². The van der Waals surface area contributed by atoms with E-state index in [1.54, 1.807) is 12.1 Å². The number of anilines is 1. The fourth-order valence-electron chi connectivity index (χ4n) is 3.00. The molecule has 31 heavy (non-hydrogen) atoms.